The highest BCUT2D eigenvalue weighted by atomic mass is 16.5. The van der Waals surface area contributed by atoms with Crippen molar-refractivity contribution in [3.05, 3.63) is 59.4 Å². The van der Waals surface area contributed by atoms with E-state index < -0.39 is 0 Å². The molecule has 0 aliphatic carbocycles. The van der Waals surface area contributed by atoms with E-state index in [1.165, 1.54) is 7.11 Å². The molecule has 3 rings (SSSR count). The van der Waals surface area contributed by atoms with E-state index in [9.17, 15) is 0 Å². The molecule has 136 valence electrons. The number of nitrogens with two attached hydrogens (primary N) is 1. The smallest absolute Gasteiger partial charge is 0.232 e. The van der Waals surface area contributed by atoms with Gasteiger partial charge in [0.1, 0.15) is 6.61 Å². The molecule has 0 bridgehead atoms. The predicted molar refractivity (Wildman–Crippen MR) is 101 cm³/mol. The van der Waals surface area contributed by atoms with Crippen molar-refractivity contribution in [1.82, 2.24) is 15.0 Å². The summed E-state index contributed by atoms with van der Waals surface area (Å²) in [5, 5.41) is 12.0. The van der Waals surface area contributed by atoms with Gasteiger partial charge in [-0.15, -0.1) is 0 Å². The molecular weight excluding hydrogens is 344 g/mol. The summed E-state index contributed by atoms with van der Waals surface area (Å²) in [5.74, 6) is 1.71. The number of ether oxygens (including phenoxy) is 2. The molecule has 8 nitrogen and oxygen atoms in total. The topological polar surface area (TPSA) is 119 Å². The van der Waals surface area contributed by atoms with Crippen LogP contribution in [0.1, 0.15) is 17.0 Å². The van der Waals surface area contributed by atoms with Crippen LogP contribution < -0.4 is 20.5 Å². The summed E-state index contributed by atoms with van der Waals surface area (Å²) in [5.41, 5.74) is 8.25. The number of hydrogen-bond donors (Lipinski definition) is 2. The average Bonchev–Trinajstić information content (AvgIpc) is 2.67. The van der Waals surface area contributed by atoms with Gasteiger partial charge >= 0.3 is 0 Å². The Morgan fingerprint density at radius 3 is 2.56 bits per heavy atom. The number of nitrogens with zero attached hydrogens (tertiary/aromatic N) is 4. The molecule has 0 amide bonds. The highest BCUT2D eigenvalue weighted by Gasteiger charge is 2.09. The van der Waals surface area contributed by atoms with Gasteiger partial charge in [0.15, 0.2) is 17.3 Å². The third kappa shape index (κ3) is 4.61. The minimum atomic E-state index is 0.0670. The molecule has 3 N–H and O–H groups in total. The SMILES string of the molecule is COc1cc(C#N)ccc1OCc1nc(N)nc(Nc2ccc(C)cc2)n1. The molecule has 8 heteroatoms. The predicted octanol–water partition coefficient (Wildman–Crippen LogP) is 2.97. The number of benzene rings is 2. The van der Waals surface area contributed by atoms with E-state index in [0.717, 1.165) is 11.3 Å². The van der Waals surface area contributed by atoms with Crippen molar-refractivity contribution in [2.75, 3.05) is 18.2 Å². The zero-order chi connectivity index (χ0) is 19.2. The van der Waals surface area contributed by atoms with Crippen LogP contribution in [0.2, 0.25) is 0 Å². The number of nitrogen functional groups attached to an aromatic ring is 1. The van der Waals surface area contributed by atoms with Gasteiger partial charge in [-0.2, -0.15) is 20.2 Å². The van der Waals surface area contributed by atoms with Gasteiger partial charge in [0, 0.05) is 11.8 Å². The first-order valence-electron chi connectivity index (χ1n) is 8.12. The lowest BCUT2D eigenvalue weighted by atomic mass is 10.2. The number of aromatic nitrogens is 3. The Morgan fingerprint density at radius 1 is 1.07 bits per heavy atom. The molecule has 0 radical (unpaired) electrons. The fourth-order valence-electron chi connectivity index (χ4n) is 2.32. The molecular formula is C19H18N6O2. The van der Waals surface area contributed by atoms with Gasteiger partial charge in [-0.25, -0.2) is 0 Å². The Balaban J connectivity index is 1.75. The van der Waals surface area contributed by atoms with Gasteiger partial charge in [0.05, 0.1) is 18.7 Å². The van der Waals surface area contributed by atoms with Crippen molar-refractivity contribution < 1.29 is 9.47 Å². The van der Waals surface area contributed by atoms with Crippen LogP contribution in [0.25, 0.3) is 0 Å². The Labute approximate surface area is 156 Å². The molecule has 0 aliphatic rings. The van der Waals surface area contributed by atoms with E-state index in [2.05, 4.69) is 26.3 Å². The maximum absolute atomic E-state index is 8.96. The van der Waals surface area contributed by atoms with Crippen molar-refractivity contribution in [3.63, 3.8) is 0 Å². The molecule has 1 aromatic heterocycles. The molecule has 0 saturated carbocycles. The first kappa shape index (κ1) is 17.9. The first-order valence-corrected chi connectivity index (χ1v) is 8.12. The second kappa shape index (κ2) is 8.01. The number of anilines is 3. The van der Waals surface area contributed by atoms with E-state index in [4.69, 9.17) is 20.5 Å². The van der Waals surface area contributed by atoms with Gasteiger partial charge in [-0.3, -0.25) is 0 Å². The number of aryl methyl sites for hydroxylation is 1. The highest BCUT2D eigenvalue weighted by molar-refractivity contribution is 5.54. The molecule has 0 saturated heterocycles. The van der Waals surface area contributed by atoms with Crippen molar-refractivity contribution in [3.8, 4) is 17.6 Å². The van der Waals surface area contributed by atoms with Crippen LogP contribution in [0.3, 0.4) is 0 Å². The monoisotopic (exact) mass is 362 g/mol. The van der Waals surface area contributed by atoms with Gasteiger partial charge in [0.25, 0.3) is 0 Å². The normalized spacial score (nSPS) is 10.1. The lowest BCUT2D eigenvalue weighted by Gasteiger charge is -2.11. The van der Waals surface area contributed by atoms with Gasteiger partial charge < -0.3 is 20.5 Å². The lowest BCUT2D eigenvalue weighted by molar-refractivity contribution is 0.276. The van der Waals surface area contributed by atoms with E-state index in [-0.39, 0.29) is 12.6 Å². The van der Waals surface area contributed by atoms with E-state index in [1.807, 2.05) is 31.2 Å². The minimum absolute atomic E-state index is 0.0670. The Kier molecular flexibility index (Phi) is 5.33. The zero-order valence-corrected chi connectivity index (χ0v) is 14.9. The third-order valence-corrected chi connectivity index (χ3v) is 3.66. The summed E-state index contributed by atoms with van der Waals surface area (Å²) in [7, 11) is 1.51. The first-order chi connectivity index (χ1) is 13.1. The number of nitrogens with one attached hydrogen (secondary N) is 1. The fraction of sp³-hybridized carbons (Fsp3) is 0.158. The minimum Gasteiger partial charge on any atom is -0.493 e. The van der Waals surface area contributed by atoms with Crippen LogP contribution >= 0.6 is 0 Å². The number of methoxy groups -OCH3 is 1. The molecule has 27 heavy (non-hydrogen) atoms. The number of nitriles is 1. The van der Waals surface area contributed by atoms with Crippen LogP contribution in [-0.4, -0.2) is 22.1 Å². The molecule has 2 aromatic carbocycles. The van der Waals surface area contributed by atoms with E-state index >= 15 is 0 Å². The average molecular weight is 362 g/mol. The summed E-state index contributed by atoms with van der Waals surface area (Å²) < 4.78 is 11.0. The van der Waals surface area contributed by atoms with E-state index in [0.29, 0.717) is 28.8 Å². The summed E-state index contributed by atoms with van der Waals surface area (Å²) in [6.07, 6.45) is 0. The standard InChI is InChI=1S/C19H18N6O2/c1-12-3-6-14(7-4-12)22-19-24-17(23-18(21)25-19)11-27-15-8-5-13(10-20)9-16(15)26-2/h3-9H,11H2,1-2H3,(H3,21,22,23,24,25). The number of hydrogen-bond acceptors (Lipinski definition) is 8. The van der Waals surface area contributed by atoms with Crippen molar-refractivity contribution in [1.29, 1.82) is 5.26 Å². The van der Waals surface area contributed by atoms with Crippen LogP contribution in [0, 0.1) is 18.3 Å². The second-order valence-electron chi connectivity index (χ2n) is 5.69. The van der Waals surface area contributed by atoms with Crippen LogP contribution in [0.4, 0.5) is 17.6 Å². The summed E-state index contributed by atoms with van der Waals surface area (Å²) in [4.78, 5) is 12.5. The Morgan fingerprint density at radius 2 is 1.85 bits per heavy atom. The van der Waals surface area contributed by atoms with Crippen LogP contribution in [0.15, 0.2) is 42.5 Å². The molecule has 0 aliphatic heterocycles. The molecule has 1 heterocycles. The highest BCUT2D eigenvalue weighted by Crippen LogP contribution is 2.28. The van der Waals surface area contributed by atoms with Gasteiger partial charge in [0.2, 0.25) is 11.9 Å². The fourth-order valence-corrected chi connectivity index (χ4v) is 2.32. The zero-order valence-electron chi connectivity index (χ0n) is 14.9. The van der Waals surface area contributed by atoms with Crippen molar-refractivity contribution >= 4 is 17.6 Å². The number of rotatable bonds is 6. The third-order valence-electron chi connectivity index (χ3n) is 3.66. The Hall–Kier alpha value is -3.86. The maximum Gasteiger partial charge on any atom is 0.232 e. The van der Waals surface area contributed by atoms with Crippen molar-refractivity contribution in [2.24, 2.45) is 0 Å². The van der Waals surface area contributed by atoms with Gasteiger partial charge in [-0.05, 0) is 31.2 Å². The van der Waals surface area contributed by atoms with Crippen LogP contribution in [-0.2, 0) is 6.61 Å². The van der Waals surface area contributed by atoms with Gasteiger partial charge in [-0.1, -0.05) is 17.7 Å². The Bertz CT molecular complexity index is 982. The lowest BCUT2D eigenvalue weighted by Crippen LogP contribution is -2.09. The maximum atomic E-state index is 8.96. The summed E-state index contributed by atoms with van der Waals surface area (Å²) in [6.45, 7) is 2.08. The summed E-state index contributed by atoms with van der Waals surface area (Å²) in [6, 6.07) is 14.8. The van der Waals surface area contributed by atoms with Crippen LogP contribution in [0.5, 0.6) is 11.5 Å². The molecule has 0 fully saturated rings. The second-order valence-corrected chi connectivity index (χ2v) is 5.69. The largest absolute Gasteiger partial charge is 0.493 e. The van der Waals surface area contributed by atoms with Crippen molar-refractivity contribution in [2.45, 2.75) is 13.5 Å². The quantitative estimate of drug-likeness (QED) is 0.687. The molecule has 3 aromatic rings. The molecule has 0 spiro atoms. The molecule has 0 atom stereocenters. The summed E-state index contributed by atoms with van der Waals surface area (Å²) >= 11 is 0. The molecule has 0 unspecified atom stereocenters. The van der Waals surface area contributed by atoms with E-state index in [1.54, 1.807) is 18.2 Å².